The summed E-state index contributed by atoms with van der Waals surface area (Å²) in [7, 11) is 1.77. The SMILES string of the molecule is COc1ccc(Br)cc1C1CCNCC1CC(C)C. The highest BCUT2D eigenvalue weighted by atomic mass is 79.9. The van der Waals surface area contributed by atoms with Gasteiger partial charge in [0.25, 0.3) is 0 Å². The lowest BCUT2D eigenvalue weighted by Crippen LogP contribution is -2.36. The first kappa shape index (κ1) is 14.9. The molecule has 1 aliphatic heterocycles. The standard InChI is InChI=1S/C16H24BrNO/c1-11(2)8-12-10-18-7-6-14(12)15-9-13(17)4-5-16(15)19-3/h4-5,9,11-12,14,18H,6-8,10H2,1-3H3. The second kappa shape index (κ2) is 6.76. The normalized spacial score (nSPS) is 23.6. The van der Waals surface area contributed by atoms with E-state index >= 15 is 0 Å². The predicted molar refractivity (Wildman–Crippen MR) is 83.9 cm³/mol. The van der Waals surface area contributed by atoms with E-state index in [0.29, 0.717) is 11.8 Å². The molecule has 1 N–H and O–H groups in total. The number of ether oxygens (including phenoxy) is 1. The van der Waals surface area contributed by atoms with Gasteiger partial charge in [-0.2, -0.15) is 0 Å². The van der Waals surface area contributed by atoms with Gasteiger partial charge < -0.3 is 10.1 Å². The number of hydrogen-bond acceptors (Lipinski definition) is 2. The van der Waals surface area contributed by atoms with Crippen molar-refractivity contribution >= 4 is 15.9 Å². The first-order valence-electron chi connectivity index (χ1n) is 7.16. The Kier molecular flexibility index (Phi) is 5.28. The van der Waals surface area contributed by atoms with E-state index in [1.54, 1.807) is 7.11 Å². The summed E-state index contributed by atoms with van der Waals surface area (Å²) < 4.78 is 6.71. The minimum absolute atomic E-state index is 0.608. The molecule has 0 spiro atoms. The molecule has 2 unspecified atom stereocenters. The summed E-state index contributed by atoms with van der Waals surface area (Å²) in [6.45, 7) is 6.85. The van der Waals surface area contributed by atoms with Crippen molar-refractivity contribution in [2.45, 2.75) is 32.6 Å². The molecule has 1 heterocycles. The van der Waals surface area contributed by atoms with Gasteiger partial charge in [-0.25, -0.2) is 0 Å². The van der Waals surface area contributed by atoms with Gasteiger partial charge in [-0.15, -0.1) is 0 Å². The quantitative estimate of drug-likeness (QED) is 0.895. The molecule has 2 rings (SSSR count). The molecule has 1 aliphatic rings. The van der Waals surface area contributed by atoms with Crippen molar-refractivity contribution in [3.05, 3.63) is 28.2 Å². The zero-order chi connectivity index (χ0) is 13.8. The van der Waals surface area contributed by atoms with E-state index in [2.05, 4.69) is 53.3 Å². The molecule has 0 amide bonds. The molecule has 2 nitrogen and oxygen atoms in total. The van der Waals surface area contributed by atoms with E-state index in [-0.39, 0.29) is 0 Å². The summed E-state index contributed by atoms with van der Waals surface area (Å²) in [5.41, 5.74) is 1.36. The van der Waals surface area contributed by atoms with Crippen LogP contribution in [0.2, 0.25) is 0 Å². The number of nitrogens with one attached hydrogen (secondary N) is 1. The fraction of sp³-hybridized carbons (Fsp3) is 0.625. The van der Waals surface area contributed by atoms with Crippen LogP contribution in [0.15, 0.2) is 22.7 Å². The lowest BCUT2D eigenvalue weighted by Gasteiger charge is -2.34. The fourth-order valence-electron chi connectivity index (χ4n) is 3.18. The minimum Gasteiger partial charge on any atom is -0.496 e. The Morgan fingerprint density at radius 2 is 2.21 bits per heavy atom. The Morgan fingerprint density at radius 3 is 2.89 bits per heavy atom. The molecular weight excluding hydrogens is 302 g/mol. The maximum absolute atomic E-state index is 5.57. The zero-order valence-electron chi connectivity index (χ0n) is 12.1. The van der Waals surface area contributed by atoms with Crippen molar-refractivity contribution in [2.24, 2.45) is 11.8 Å². The van der Waals surface area contributed by atoms with Crippen molar-refractivity contribution < 1.29 is 4.74 Å². The smallest absolute Gasteiger partial charge is 0.122 e. The maximum Gasteiger partial charge on any atom is 0.122 e. The highest BCUT2D eigenvalue weighted by Gasteiger charge is 2.29. The summed E-state index contributed by atoms with van der Waals surface area (Å²) in [5, 5.41) is 3.54. The molecule has 19 heavy (non-hydrogen) atoms. The molecule has 0 saturated carbocycles. The Bertz CT molecular complexity index is 419. The first-order chi connectivity index (χ1) is 9.11. The number of methoxy groups -OCH3 is 1. The van der Waals surface area contributed by atoms with E-state index in [0.717, 1.165) is 29.2 Å². The molecular formula is C16H24BrNO. The third-order valence-electron chi connectivity index (χ3n) is 3.97. The monoisotopic (exact) mass is 325 g/mol. The van der Waals surface area contributed by atoms with Crippen molar-refractivity contribution in [2.75, 3.05) is 20.2 Å². The molecule has 2 atom stereocenters. The van der Waals surface area contributed by atoms with Gasteiger partial charge >= 0.3 is 0 Å². The highest BCUT2D eigenvalue weighted by Crippen LogP contribution is 2.39. The van der Waals surface area contributed by atoms with Crippen LogP contribution in [0, 0.1) is 11.8 Å². The number of hydrogen-bond donors (Lipinski definition) is 1. The third kappa shape index (κ3) is 3.73. The van der Waals surface area contributed by atoms with Crippen LogP contribution in [-0.2, 0) is 0 Å². The van der Waals surface area contributed by atoms with Crippen LogP contribution in [0.3, 0.4) is 0 Å². The maximum atomic E-state index is 5.57. The van der Waals surface area contributed by atoms with Gasteiger partial charge in [0.05, 0.1) is 7.11 Å². The molecule has 106 valence electrons. The summed E-state index contributed by atoms with van der Waals surface area (Å²) in [6.07, 6.45) is 2.47. The number of halogens is 1. The largest absolute Gasteiger partial charge is 0.496 e. The summed E-state index contributed by atoms with van der Waals surface area (Å²) in [5.74, 6) is 3.09. The van der Waals surface area contributed by atoms with Crippen LogP contribution in [0.25, 0.3) is 0 Å². The molecule has 0 radical (unpaired) electrons. The van der Waals surface area contributed by atoms with Gasteiger partial charge in [-0.05, 0) is 67.4 Å². The average Bonchev–Trinajstić information content (AvgIpc) is 2.38. The van der Waals surface area contributed by atoms with Crippen LogP contribution < -0.4 is 10.1 Å². The van der Waals surface area contributed by atoms with Crippen LogP contribution in [0.5, 0.6) is 5.75 Å². The van der Waals surface area contributed by atoms with E-state index < -0.39 is 0 Å². The van der Waals surface area contributed by atoms with Gasteiger partial charge in [0.2, 0.25) is 0 Å². The summed E-state index contributed by atoms with van der Waals surface area (Å²) >= 11 is 3.59. The predicted octanol–water partition coefficient (Wildman–Crippen LogP) is 4.20. The van der Waals surface area contributed by atoms with Crippen molar-refractivity contribution in [3.63, 3.8) is 0 Å². The van der Waals surface area contributed by atoms with Crippen LogP contribution in [0.1, 0.15) is 38.2 Å². The summed E-state index contributed by atoms with van der Waals surface area (Å²) in [6, 6.07) is 6.37. The van der Waals surface area contributed by atoms with Gasteiger partial charge in [0, 0.05) is 4.47 Å². The van der Waals surface area contributed by atoms with Crippen molar-refractivity contribution in [1.82, 2.24) is 5.32 Å². The highest BCUT2D eigenvalue weighted by molar-refractivity contribution is 9.10. The van der Waals surface area contributed by atoms with Gasteiger partial charge in [0.1, 0.15) is 5.75 Å². The topological polar surface area (TPSA) is 21.3 Å². The molecule has 1 saturated heterocycles. The molecule has 3 heteroatoms. The average molecular weight is 326 g/mol. The fourth-order valence-corrected chi connectivity index (χ4v) is 3.56. The van der Waals surface area contributed by atoms with Gasteiger partial charge in [-0.1, -0.05) is 29.8 Å². The van der Waals surface area contributed by atoms with E-state index in [1.165, 1.54) is 18.4 Å². The van der Waals surface area contributed by atoms with Gasteiger partial charge in [0.15, 0.2) is 0 Å². The van der Waals surface area contributed by atoms with Crippen molar-refractivity contribution in [1.29, 1.82) is 0 Å². The van der Waals surface area contributed by atoms with Crippen molar-refractivity contribution in [3.8, 4) is 5.75 Å². The number of benzene rings is 1. The molecule has 0 aromatic heterocycles. The molecule has 1 fully saturated rings. The Morgan fingerprint density at radius 1 is 1.42 bits per heavy atom. The molecule has 1 aromatic rings. The zero-order valence-corrected chi connectivity index (χ0v) is 13.7. The molecule has 1 aromatic carbocycles. The number of rotatable bonds is 4. The number of piperidine rings is 1. The first-order valence-corrected chi connectivity index (χ1v) is 7.95. The second-order valence-electron chi connectivity index (χ2n) is 5.88. The van der Waals surface area contributed by atoms with Crippen LogP contribution >= 0.6 is 15.9 Å². The lowest BCUT2D eigenvalue weighted by atomic mass is 9.77. The van der Waals surface area contributed by atoms with E-state index in [4.69, 9.17) is 4.74 Å². The Labute approximate surface area is 125 Å². The second-order valence-corrected chi connectivity index (χ2v) is 6.79. The Hall–Kier alpha value is -0.540. The third-order valence-corrected chi connectivity index (χ3v) is 4.47. The minimum atomic E-state index is 0.608. The van der Waals surface area contributed by atoms with Crippen LogP contribution in [0.4, 0.5) is 0 Å². The lowest BCUT2D eigenvalue weighted by molar-refractivity contribution is 0.274. The molecule has 0 bridgehead atoms. The van der Waals surface area contributed by atoms with Crippen LogP contribution in [-0.4, -0.2) is 20.2 Å². The van der Waals surface area contributed by atoms with E-state index in [1.807, 2.05) is 0 Å². The Balaban J connectivity index is 2.28. The molecule has 0 aliphatic carbocycles. The van der Waals surface area contributed by atoms with E-state index in [9.17, 15) is 0 Å². The van der Waals surface area contributed by atoms with Gasteiger partial charge in [-0.3, -0.25) is 0 Å². The summed E-state index contributed by atoms with van der Waals surface area (Å²) in [4.78, 5) is 0.